The normalized spacial score (nSPS) is 11.2. The molecule has 0 fully saturated rings. The minimum absolute atomic E-state index is 0.192. The molecule has 8 heteroatoms. The first kappa shape index (κ1) is 16.6. The first-order chi connectivity index (χ1) is 11.7. The molecule has 7 nitrogen and oxygen atoms in total. The van der Waals surface area contributed by atoms with Gasteiger partial charge in [-0.2, -0.15) is 4.52 Å². The SMILES string of the molecule is O=C(OCCCCCCO)c1cc2cccc(Cl)c2n2nnnc12. The van der Waals surface area contributed by atoms with Crippen molar-refractivity contribution >= 4 is 34.1 Å². The van der Waals surface area contributed by atoms with Crippen molar-refractivity contribution in [1.82, 2.24) is 20.0 Å². The molecule has 1 aromatic carbocycles. The van der Waals surface area contributed by atoms with Crippen LogP contribution in [-0.2, 0) is 4.74 Å². The van der Waals surface area contributed by atoms with Crippen molar-refractivity contribution in [2.45, 2.75) is 25.7 Å². The molecule has 0 atom stereocenters. The summed E-state index contributed by atoms with van der Waals surface area (Å²) < 4.78 is 6.78. The summed E-state index contributed by atoms with van der Waals surface area (Å²) in [6.45, 7) is 0.517. The third-order valence-electron chi connectivity index (χ3n) is 3.75. The van der Waals surface area contributed by atoms with E-state index in [1.54, 1.807) is 18.2 Å². The monoisotopic (exact) mass is 348 g/mol. The van der Waals surface area contributed by atoms with E-state index in [1.807, 2.05) is 6.07 Å². The van der Waals surface area contributed by atoms with Gasteiger partial charge in [0.1, 0.15) is 5.56 Å². The summed E-state index contributed by atoms with van der Waals surface area (Å²) in [6.07, 6.45) is 3.35. The fraction of sp³-hybridized carbons (Fsp3) is 0.375. The first-order valence-corrected chi connectivity index (χ1v) is 8.17. The number of pyridine rings is 1. The Kier molecular flexibility index (Phi) is 5.22. The highest BCUT2D eigenvalue weighted by Crippen LogP contribution is 2.26. The van der Waals surface area contributed by atoms with Gasteiger partial charge in [-0.05, 0) is 41.8 Å². The zero-order chi connectivity index (χ0) is 16.9. The number of ether oxygens (including phenoxy) is 1. The van der Waals surface area contributed by atoms with Gasteiger partial charge in [-0.25, -0.2) is 4.79 Å². The van der Waals surface area contributed by atoms with E-state index in [0.717, 1.165) is 31.1 Å². The van der Waals surface area contributed by atoms with Crippen LogP contribution in [0.4, 0.5) is 0 Å². The summed E-state index contributed by atoms with van der Waals surface area (Å²) in [6, 6.07) is 7.08. The first-order valence-electron chi connectivity index (χ1n) is 7.79. The van der Waals surface area contributed by atoms with Crippen molar-refractivity contribution in [2.24, 2.45) is 0 Å². The van der Waals surface area contributed by atoms with Crippen LogP contribution in [0.3, 0.4) is 0 Å². The van der Waals surface area contributed by atoms with Gasteiger partial charge in [0.15, 0.2) is 5.65 Å². The van der Waals surface area contributed by atoms with E-state index in [1.165, 1.54) is 4.52 Å². The van der Waals surface area contributed by atoms with Crippen molar-refractivity contribution in [3.8, 4) is 0 Å². The number of hydrogen-bond donors (Lipinski definition) is 1. The number of esters is 1. The average Bonchev–Trinajstić information content (AvgIpc) is 3.06. The van der Waals surface area contributed by atoms with Gasteiger partial charge >= 0.3 is 5.97 Å². The van der Waals surface area contributed by atoms with Crippen molar-refractivity contribution in [3.63, 3.8) is 0 Å². The molecule has 2 heterocycles. The van der Waals surface area contributed by atoms with E-state index < -0.39 is 5.97 Å². The van der Waals surface area contributed by atoms with E-state index >= 15 is 0 Å². The van der Waals surface area contributed by atoms with E-state index in [0.29, 0.717) is 28.4 Å². The smallest absolute Gasteiger partial charge is 0.342 e. The van der Waals surface area contributed by atoms with Gasteiger partial charge in [-0.15, -0.1) is 5.10 Å². The zero-order valence-corrected chi connectivity index (χ0v) is 13.7. The topological polar surface area (TPSA) is 89.6 Å². The van der Waals surface area contributed by atoms with E-state index in [4.69, 9.17) is 21.4 Å². The number of aliphatic hydroxyl groups is 1. The van der Waals surface area contributed by atoms with Gasteiger partial charge in [0.2, 0.25) is 0 Å². The second kappa shape index (κ2) is 7.55. The number of fused-ring (bicyclic) bond motifs is 3. The fourth-order valence-electron chi connectivity index (χ4n) is 2.56. The number of rotatable bonds is 7. The van der Waals surface area contributed by atoms with Crippen LogP contribution in [0.5, 0.6) is 0 Å². The summed E-state index contributed by atoms with van der Waals surface area (Å²) >= 11 is 6.22. The van der Waals surface area contributed by atoms with E-state index in [-0.39, 0.29) is 6.61 Å². The number of para-hydroxylation sites is 1. The Bertz CT molecular complexity index is 865. The lowest BCUT2D eigenvalue weighted by Crippen LogP contribution is -2.09. The highest BCUT2D eigenvalue weighted by molar-refractivity contribution is 6.35. The number of tetrazole rings is 1. The van der Waals surface area contributed by atoms with Crippen molar-refractivity contribution in [2.75, 3.05) is 13.2 Å². The number of halogens is 1. The Hall–Kier alpha value is -2.25. The molecule has 0 saturated heterocycles. The molecule has 0 unspecified atom stereocenters. The molecule has 0 saturated carbocycles. The number of carbonyl (C=O) groups is 1. The van der Waals surface area contributed by atoms with Crippen LogP contribution in [0.15, 0.2) is 24.3 Å². The molecule has 0 aliphatic rings. The van der Waals surface area contributed by atoms with Gasteiger partial charge in [0, 0.05) is 12.0 Å². The van der Waals surface area contributed by atoms with Crippen LogP contribution in [-0.4, -0.2) is 44.3 Å². The van der Waals surface area contributed by atoms with Crippen LogP contribution >= 0.6 is 11.6 Å². The maximum absolute atomic E-state index is 12.4. The summed E-state index contributed by atoms with van der Waals surface area (Å²) in [7, 11) is 0. The predicted octanol–water partition coefficient (Wildman–Crippen LogP) is 2.64. The lowest BCUT2D eigenvalue weighted by molar-refractivity contribution is 0.0499. The van der Waals surface area contributed by atoms with Crippen LogP contribution < -0.4 is 0 Å². The Morgan fingerprint density at radius 1 is 1.25 bits per heavy atom. The van der Waals surface area contributed by atoms with Crippen molar-refractivity contribution < 1.29 is 14.6 Å². The van der Waals surface area contributed by atoms with E-state index in [9.17, 15) is 4.79 Å². The number of aromatic nitrogens is 4. The third-order valence-corrected chi connectivity index (χ3v) is 4.05. The van der Waals surface area contributed by atoms with Gasteiger partial charge in [-0.1, -0.05) is 30.2 Å². The molecule has 126 valence electrons. The number of aliphatic hydroxyl groups excluding tert-OH is 1. The van der Waals surface area contributed by atoms with Crippen LogP contribution in [0, 0.1) is 0 Å². The fourth-order valence-corrected chi connectivity index (χ4v) is 2.82. The number of benzene rings is 1. The molecule has 0 spiro atoms. The van der Waals surface area contributed by atoms with Gasteiger partial charge in [0.25, 0.3) is 0 Å². The van der Waals surface area contributed by atoms with Crippen LogP contribution in [0.1, 0.15) is 36.0 Å². The number of hydrogen-bond acceptors (Lipinski definition) is 6. The maximum Gasteiger partial charge on any atom is 0.342 e. The van der Waals surface area contributed by atoms with Crippen LogP contribution in [0.25, 0.3) is 16.6 Å². The van der Waals surface area contributed by atoms with Crippen molar-refractivity contribution in [1.29, 1.82) is 0 Å². The zero-order valence-electron chi connectivity index (χ0n) is 13.0. The molecule has 2 aromatic heterocycles. The Morgan fingerprint density at radius 2 is 2.08 bits per heavy atom. The molecule has 0 aliphatic carbocycles. The highest BCUT2D eigenvalue weighted by atomic mass is 35.5. The number of unbranched alkanes of at least 4 members (excludes halogenated alkanes) is 3. The Labute approximate surface area is 143 Å². The predicted molar refractivity (Wildman–Crippen MR) is 89.1 cm³/mol. The Morgan fingerprint density at radius 3 is 2.92 bits per heavy atom. The van der Waals surface area contributed by atoms with Gasteiger partial charge in [0.05, 0.1) is 17.1 Å². The average molecular weight is 349 g/mol. The quantitative estimate of drug-likeness (QED) is 0.521. The van der Waals surface area contributed by atoms with Crippen molar-refractivity contribution in [3.05, 3.63) is 34.9 Å². The molecule has 3 aromatic rings. The molecule has 0 amide bonds. The molecule has 3 rings (SSSR count). The second-order valence-electron chi connectivity index (χ2n) is 5.42. The number of nitrogens with zero attached hydrogens (tertiary/aromatic N) is 4. The molecule has 1 N–H and O–H groups in total. The highest BCUT2D eigenvalue weighted by Gasteiger charge is 2.18. The van der Waals surface area contributed by atoms with Gasteiger partial charge < -0.3 is 9.84 Å². The lowest BCUT2D eigenvalue weighted by Gasteiger charge is -2.08. The minimum Gasteiger partial charge on any atom is -0.462 e. The summed E-state index contributed by atoms with van der Waals surface area (Å²) in [5.41, 5.74) is 1.28. The molecular formula is C16H17ClN4O3. The lowest BCUT2D eigenvalue weighted by atomic mass is 10.1. The van der Waals surface area contributed by atoms with E-state index in [2.05, 4.69) is 15.5 Å². The summed E-state index contributed by atoms with van der Waals surface area (Å²) in [4.78, 5) is 12.4. The molecular weight excluding hydrogens is 332 g/mol. The minimum atomic E-state index is -0.459. The summed E-state index contributed by atoms with van der Waals surface area (Å²) in [5, 5.41) is 21.5. The largest absolute Gasteiger partial charge is 0.462 e. The maximum atomic E-state index is 12.4. The second-order valence-corrected chi connectivity index (χ2v) is 5.83. The molecule has 24 heavy (non-hydrogen) atoms. The molecule has 0 aliphatic heterocycles. The van der Waals surface area contributed by atoms with Crippen LogP contribution in [0.2, 0.25) is 5.02 Å². The van der Waals surface area contributed by atoms with Gasteiger partial charge in [-0.3, -0.25) is 0 Å². The molecule has 0 radical (unpaired) electrons. The Balaban J connectivity index is 1.81. The third kappa shape index (κ3) is 3.32. The molecule has 0 bridgehead atoms. The standard InChI is InChI=1S/C16H17ClN4O3/c17-13-7-5-6-11-10-12(15-18-19-20-21(15)14(11)13)16(23)24-9-4-2-1-3-8-22/h5-7,10,22H,1-4,8-9H2. The summed E-state index contributed by atoms with van der Waals surface area (Å²) in [5.74, 6) is -0.459. The number of carbonyl (C=O) groups excluding carboxylic acids is 1.